The molecule has 0 unspecified atom stereocenters. The Morgan fingerprint density at radius 1 is 1.06 bits per heavy atom. The van der Waals surface area contributed by atoms with Gasteiger partial charge in [-0.25, -0.2) is 8.42 Å². The lowest BCUT2D eigenvalue weighted by Crippen LogP contribution is -2.48. The molecule has 1 aromatic carbocycles. The maximum atomic E-state index is 11.4. The van der Waals surface area contributed by atoms with E-state index in [1.807, 2.05) is 0 Å². The van der Waals surface area contributed by atoms with Crippen LogP contribution in [0.5, 0.6) is 0 Å². The molecule has 100 valence electrons. The first kappa shape index (κ1) is 13.4. The van der Waals surface area contributed by atoms with Gasteiger partial charge in [0.05, 0.1) is 6.26 Å². The fourth-order valence-corrected chi connectivity index (χ4v) is 3.25. The SMILES string of the molecule is Cc1ccc(N2CCN(S(C)(=O)=O)CC2)c(C)c1. The van der Waals surface area contributed by atoms with Gasteiger partial charge in [0.15, 0.2) is 0 Å². The topological polar surface area (TPSA) is 40.6 Å². The Bertz CT molecular complexity index is 532. The molecule has 1 fully saturated rings. The largest absolute Gasteiger partial charge is 0.369 e. The lowest BCUT2D eigenvalue weighted by molar-refractivity contribution is 0.388. The van der Waals surface area contributed by atoms with Crippen molar-refractivity contribution in [3.63, 3.8) is 0 Å². The van der Waals surface area contributed by atoms with Gasteiger partial charge in [0.25, 0.3) is 0 Å². The molecule has 1 aromatic rings. The molecule has 0 amide bonds. The van der Waals surface area contributed by atoms with E-state index < -0.39 is 10.0 Å². The highest BCUT2D eigenvalue weighted by molar-refractivity contribution is 7.88. The molecule has 0 atom stereocenters. The lowest BCUT2D eigenvalue weighted by atomic mass is 10.1. The van der Waals surface area contributed by atoms with Gasteiger partial charge in [0.1, 0.15) is 0 Å². The van der Waals surface area contributed by atoms with Crippen LogP contribution in [-0.2, 0) is 10.0 Å². The molecule has 0 aliphatic carbocycles. The van der Waals surface area contributed by atoms with Gasteiger partial charge in [-0.2, -0.15) is 4.31 Å². The molecule has 1 saturated heterocycles. The van der Waals surface area contributed by atoms with Crippen molar-refractivity contribution < 1.29 is 8.42 Å². The van der Waals surface area contributed by atoms with E-state index in [-0.39, 0.29) is 0 Å². The van der Waals surface area contributed by atoms with Crippen molar-refractivity contribution in [2.24, 2.45) is 0 Å². The molecule has 0 spiro atoms. The van der Waals surface area contributed by atoms with Crippen molar-refractivity contribution in [3.8, 4) is 0 Å². The second kappa shape index (κ2) is 4.90. The zero-order valence-electron chi connectivity index (χ0n) is 11.2. The maximum Gasteiger partial charge on any atom is 0.211 e. The smallest absolute Gasteiger partial charge is 0.211 e. The molecule has 0 saturated carbocycles. The number of benzene rings is 1. The molecule has 0 bridgehead atoms. The predicted octanol–water partition coefficient (Wildman–Crippen LogP) is 1.39. The number of anilines is 1. The molecule has 5 heteroatoms. The van der Waals surface area contributed by atoms with Crippen LogP contribution in [0.3, 0.4) is 0 Å². The van der Waals surface area contributed by atoms with Crippen molar-refractivity contribution in [1.29, 1.82) is 0 Å². The van der Waals surface area contributed by atoms with Gasteiger partial charge in [-0.1, -0.05) is 17.7 Å². The molecule has 2 rings (SSSR count). The van der Waals surface area contributed by atoms with Gasteiger partial charge in [-0.3, -0.25) is 0 Å². The number of nitrogens with zero attached hydrogens (tertiary/aromatic N) is 2. The molecule has 0 aromatic heterocycles. The van der Waals surface area contributed by atoms with Crippen LogP contribution < -0.4 is 4.90 Å². The summed E-state index contributed by atoms with van der Waals surface area (Å²) in [6, 6.07) is 6.39. The summed E-state index contributed by atoms with van der Waals surface area (Å²) >= 11 is 0. The average Bonchev–Trinajstić information content (AvgIpc) is 2.28. The third kappa shape index (κ3) is 2.84. The summed E-state index contributed by atoms with van der Waals surface area (Å²) in [6.07, 6.45) is 1.28. The summed E-state index contributed by atoms with van der Waals surface area (Å²) in [5.41, 5.74) is 3.72. The van der Waals surface area contributed by atoms with Gasteiger partial charge in [0.2, 0.25) is 10.0 Å². The number of rotatable bonds is 2. The Kier molecular flexibility index (Phi) is 3.64. The molecule has 0 N–H and O–H groups in total. The quantitative estimate of drug-likeness (QED) is 0.814. The Hall–Kier alpha value is -1.07. The first-order valence-electron chi connectivity index (χ1n) is 6.15. The van der Waals surface area contributed by atoms with E-state index in [1.165, 1.54) is 23.1 Å². The van der Waals surface area contributed by atoms with Crippen molar-refractivity contribution in [2.75, 3.05) is 37.3 Å². The summed E-state index contributed by atoms with van der Waals surface area (Å²) in [6.45, 7) is 6.86. The summed E-state index contributed by atoms with van der Waals surface area (Å²) in [5, 5.41) is 0. The van der Waals surface area contributed by atoms with Crippen molar-refractivity contribution in [2.45, 2.75) is 13.8 Å². The third-order valence-corrected chi connectivity index (χ3v) is 4.70. The molecular weight excluding hydrogens is 248 g/mol. The first-order valence-corrected chi connectivity index (χ1v) is 8.00. The normalized spacial score (nSPS) is 18.1. The summed E-state index contributed by atoms with van der Waals surface area (Å²) in [7, 11) is -3.04. The fourth-order valence-electron chi connectivity index (χ4n) is 2.42. The predicted molar refractivity (Wildman–Crippen MR) is 74.5 cm³/mol. The fraction of sp³-hybridized carbons (Fsp3) is 0.538. The zero-order valence-corrected chi connectivity index (χ0v) is 12.0. The molecular formula is C13H20N2O2S. The second-order valence-electron chi connectivity index (χ2n) is 4.94. The van der Waals surface area contributed by atoms with Crippen LogP contribution in [0.1, 0.15) is 11.1 Å². The zero-order chi connectivity index (χ0) is 13.3. The van der Waals surface area contributed by atoms with E-state index in [0.717, 1.165) is 13.1 Å². The molecule has 1 heterocycles. The van der Waals surface area contributed by atoms with Crippen LogP contribution in [0.15, 0.2) is 18.2 Å². The number of hydrogen-bond acceptors (Lipinski definition) is 3. The van der Waals surface area contributed by atoms with Crippen LogP contribution in [0.25, 0.3) is 0 Å². The maximum absolute atomic E-state index is 11.4. The number of piperazine rings is 1. The van der Waals surface area contributed by atoms with E-state index in [9.17, 15) is 8.42 Å². The van der Waals surface area contributed by atoms with Crippen LogP contribution in [-0.4, -0.2) is 45.2 Å². The van der Waals surface area contributed by atoms with Crippen molar-refractivity contribution in [3.05, 3.63) is 29.3 Å². The van der Waals surface area contributed by atoms with Gasteiger partial charge < -0.3 is 4.90 Å². The van der Waals surface area contributed by atoms with Gasteiger partial charge in [-0.15, -0.1) is 0 Å². The van der Waals surface area contributed by atoms with Gasteiger partial charge in [-0.05, 0) is 25.5 Å². The van der Waals surface area contributed by atoms with E-state index in [0.29, 0.717) is 13.1 Å². The second-order valence-corrected chi connectivity index (χ2v) is 6.92. The van der Waals surface area contributed by atoms with E-state index in [1.54, 1.807) is 4.31 Å². The van der Waals surface area contributed by atoms with Crippen LogP contribution >= 0.6 is 0 Å². The highest BCUT2D eigenvalue weighted by atomic mass is 32.2. The summed E-state index contributed by atoms with van der Waals surface area (Å²) in [5.74, 6) is 0. The summed E-state index contributed by atoms with van der Waals surface area (Å²) < 4.78 is 24.4. The number of hydrogen-bond donors (Lipinski definition) is 0. The average molecular weight is 268 g/mol. The first-order chi connectivity index (χ1) is 8.38. The molecule has 18 heavy (non-hydrogen) atoms. The molecule has 4 nitrogen and oxygen atoms in total. The van der Waals surface area contributed by atoms with E-state index >= 15 is 0 Å². The Morgan fingerprint density at radius 2 is 1.67 bits per heavy atom. The third-order valence-electron chi connectivity index (χ3n) is 3.40. The number of sulfonamides is 1. The highest BCUT2D eigenvalue weighted by Gasteiger charge is 2.23. The summed E-state index contributed by atoms with van der Waals surface area (Å²) in [4.78, 5) is 2.26. The standard InChI is InChI=1S/C13H20N2O2S/c1-11-4-5-13(12(2)10-11)14-6-8-15(9-7-14)18(3,16)17/h4-5,10H,6-9H2,1-3H3. The minimum absolute atomic E-state index is 0.576. The van der Waals surface area contributed by atoms with Crippen molar-refractivity contribution >= 4 is 15.7 Å². The van der Waals surface area contributed by atoms with E-state index in [2.05, 4.69) is 36.9 Å². The Morgan fingerprint density at radius 3 is 2.17 bits per heavy atom. The minimum Gasteiger partial charge on any atom is -0.369 e. The molecule has 0 radical (unpaired) electrons. The van der Waals surface area contributed by atoms with Crippen LogP contribution in [0, 0.1) is 13.8 Å². The molecule has 1 aliphatic heterocycles. The monoisotopic (exact) mass is 268 g/mol. The van der Waals surface area contributed by atoms with E-state index in [4.69, 9.17) is 0 Å². The van der Waals surface area contributed by atoms with Gasteiger partial charge >= 0.3 is 0 Å². The minimum atomic E-state index is -3.04. The van der Waals surface area contributed by atoms with Crippen LogP contribution in [0.2, 0.25) is 0 Å². The lowest BCUT2D eigenvalue weighted by Gasteiger charge is -2.35. The van der Waals surface area contributed by atoms with Crippen molar-refractivity contribution in [1.82, 2.24) is 4.31 Å². The Labute approximate surface area is 109 Å². The Balaban J connectivity index is 2.10. The van der Waals surface area contributed by atoms with Gasteiger partial charge in [0, 0.05) is 31.9 Å². The highest BCUT2D eigenvalue weighted by Crippen LogP contribution is 2.22. The van der Waals surface area contributed by atoms with Crippen LogP contribution in [0.4, 0.5) is 5.69 Å². The number of aryl methyl sites for hydroxylation is 2. The molecule has 1 aliphatic rings.